The van der Waals surface area contributed by atoms with Gasteiger partial charge in [-0.15, -0.1) is 11.3 Å². The van der Waals surface area contributed by atoms with Crippen LogP contribution in [0.1, 0.15) is 23.7 Å². The normalized spacial score (nSPS) is 10.7. The van der Waals surface area contributed by atoms with Gasteiger partial charge < -0.3 is 14.2 Å². The summed E-state index contributed by atoms with van der Waals surface area (Å²) >= 11 is 1.33. The molecule has 0 atom stereocenters. The molecule has 0 spiro atoms. The number of aromatic nitrogens is 1. The topological polar surface area (TPSA) is 125 Å². The van der Waals surface area contributed by atoms with Gasteiger partial charge in [0.05, 0.1) is 43.0 Å². The van der Waals surface area contributed by atoms with E-state index in [9.17, 15) is 14.9 Å². The lowest BCUT2D eigenvalue weighted by Crippen LogP contribution is -2.07. The molecule has 0 radical (unpaired) electrons. The summed E-state index contributed by atoms with van der Waals surface area (Å²) in [5, 5.41) is 17.4. The van der Waals surface area contributed by atoms with E-state index in [0.29, 0.717) is 28.9 Å². The quantitative estimate of drug-likeness (QED) is 0.191. The highest BCUT2D eigenvalue weighted by Crippen LogP contribution is 2.24. The van der Waals surface area contributed by atoms with Crippen LogP contribution in [0, 0.1) is 10.1 Å². The number of nitro benzene ring substituents is 1. The Morgan fingerprint density at radius 3 is 2.91 bits per heavy atom. The number of thiazole rings is 1. The van der Waals surface area contributed by atoms with Crippen LogP contribution in [0.5, 0.6) is 11.5 Å². The van der Waals surface area contributed by atoms with E-state index in [1.165, 1.54) is 23.5 Å². The molecule has 10 nitrogen and oxygen atoms in total. The SMILES string of the molecule is CCOC(=O)Cc1csc(NN=Cc2ccc(OC)c(COc3cccc([N+](=O)[O-])c3)c2)n1. The molecule has 0 unspecified atom stereocenters. The second kappa shape index (κ2) is 11.6. The number of carbonyl (C=O) groups excluding carboxylic acids is 1. The van der Waals surface area contributed by atoms with Crippen molar-refractivity contribution in [2.75, 3.05) is 19.1 Å². The van der Waals surface area contributed by atoms with Crippen molar-refractivity contribution in [3.8, 4) is 11.5 Å². The molecule has 0 aliphatic heterocycles. The molecule has 0 saturated carbocycles. The molecule has 2 aromatic carbocycles. The first-order valence-corrected chi connectivity index (χ1v) is 10.8. The second-order valence-corrected chi connectivity index (χ2v) is 7.47. The lowest BCUT2D eigenvalue weighted by Gasteiger charge is -2.11. The highest BCUT2D eigenvalue weighted by Gasteiger charge is 2.10. The number of anilines is 1. The van der Waals surface area contributed by atoms with E-state index in [0.717, 1.165) is 11.1 Å². The summed E-state index contributed by atoms with van der Waals surface area (Å²) < 4.78 is 16.0. The largest absolute Gasteiger partial charge is 0.496 e. The van der Waals surface area contributed by atoms with E-state index in [1.54, 1.807) is 43.8 Å². The summed E-state index contributed by atoms with van der Waals surface area (Å²) in [6.07, 6.45) is 1.73. The predicted octanol–water partition coefficient (Wildman–Crippen LogP) is 4.19. The molecule has 0 amide bonds. The maximum Gasteiger partial charge on any atom is 0.311 e. The molecule has 1 aromatic heterocycles. The number of rotatable bonds is 11. The summed E-state index contributed by atoms with van der Waals surface area (Å²) in [6, 6.07) is 11.4. The first kappa shape index (κ1) is 23.7. The van der Waals surface area contributed by atoms with Gasteiger partial charge in [0, 0.05) is 17.0 Å². The van der Waals surface area contributed by atoms with Crippen molar-refractivity contribution < 1.29 is 23.9 Å². The van der Waals surface area contributed by atoms with Gasteiger partial charge >= 0.3 is 5.97 Å². The highest BCUT2D eigenvalue weighted by molar-refractivity contribution is 7.13. The van der Waals surface area contributed by atoms with Gasteiger partial charge in [-0.1, -0.05) is 6.07 Å². The molecule has 172 valence electrons. The van der Waals surface area contributed by atoms with Crippen molar-refractivity contribution >= 4 is 34.3 Å². The summed E-state index contributed by atoms with van der Waals surface area (Å²) in [5.41, 5.74) is 4.94. The number of nitrogens with one attached hydrogen (secondary N) is 1. The van der Waals surface area contributed by atoms with Crippen LogP contribution >= 0.6 is 11.3 Å². The zero-order valence-corrected chi connectivity index (χ0v) is 18.8. The Morgan fingerprint density at radius 2 is 2.15 bits per heavy atom. The minimum absolute atomic E-state index is 0.0426. The predicted molar refractivity (Wildman–Crippen MR) is 124 cm³/mol. The van der Waals surface area contributed by atoms with Gasteiger partial charge in [0.15, 0.2) is 0 Å². The Labute approximate surface area is 194 Å². The van der Waals surface area contributed by atoms with Gasteiger partial charge in [-0.2, -0.15) is 5.10 Å². The van der Waals surface area contributed by atoms with Crippen LogP contribution in [0.4, 0.5) is 10.8 Å². The Morgan fingerprint density at radius 1 is 1.30 bits per heavy atom. The molecule has 3 rings (SSSR count). The van der Waals surface area contributed by atoms with Gasteiger partial charge in [-0.25, -0.2) is 4.98 Å². The monoisotopic (exact) mass is 470 g/mol. The van der Waals surface area contributed by atoms with Gasteiger partial charge in [0.1, 0.15) is 18.1 Å². The van der Waals surface area contributed by atoms with E-state index in [1.807, 2.05) is 12.1 Å². The minimum atomic E-state index is -0.472. The fraction of sp³-hybridized carbons (Fsp3) is 0.227. The fourth-order valence-electron chi connectivity index (χ4n) is 2.80. The maximum absolute atomic E-state index is 11.5. The summed E-state index contributed by atoms with van der Waals surface area (Å²) in [7, 11) is 1.55. The molecule has 33 heavy (non-hydrogen) atoms. The third-order valence-corrected chi connectivity index (χ3v) is 5.08. The number of carbonyl (C=O) groups is 1. The summed E-state index contributed by atoms with van der Waals surface area (Å²) in [5.74, 6) is 0.680. The standard InChI is InChI=1S/C22H22N4O6S/c1-3-31-21(27)10-17-14-33-22(24-17)25-23-12-15-7-8-20(30-2)16(9-15)13-32-19-6-4-5-18(11-19)26(28)29/h4-9,11-12,14H,3,10,13H2,1-2H3,(H,24,25). The molecule has 0 fully saturated rings. The molecular weight excluding hydrogens is 448 g/mol. The third kappa shape index (κ3) is 7.01. The molecule has 11 heteroatoms. The zero-order valence-electron chi connectivity index (χ0n) is 18.0. The van der Waals surface area contributed by atoms with Gasteiger partial charge in [0.2, 0.25) is 5.13 Å². The number of esters is 1. The number of non-ortho nitro benzene ring substituents is 1. The van der Waals surface area contributed by atoms with E-state index < -0.39 is 4.92 Å². The van der Waals surface area contributed by atoms with Crippen LogP contribution in [0.25, 0.3) is 0 Å². The van der Waals surface area contributed by atoms with Gasteiger partial charge in [-0.05, 0) is 36.8 Å². The van der Waals surface area contributed by atoms with Crippen LogP contribution in [-0.4, -0.2) is 35.8 Å². The van der Waals surface area contributed by atoms with Crippen molar-refractivity contribution in [2.45, 2.75) is 20.0 Å². The van der Waals surface area contributed by atoms with Gasteiger partial charge in [0.25, 0.3) is 5.69 Å². The maximum atomic E-state index is 11.5. The first-order valence-electron chi connectivity index (χ1n) is 9.91. The number of hydrogen-bond acceptors (Lipinski definition) is 10. The van der Waals surface area contributed by atoms with E-state index in [-0.39, 0.29) is 24.7 Å². The van der Waals surface area contributed by atoms with E-state index in [2.05, 4.69) is 15.5 Å². The summed E-state index contributed by atoms with van der Waals surface area (Å²) in [6.45, 7) is 2.24. The number of benzene rings is 2. The lowest BCUT2D eigenvalue weighted by atomic mass is 10.1. The highest BCUT2D eigenvalue weighted by atomic mass is 32.1. The minimum Gasteiger partial charge on any atom is -0.496 e. The third-order valence-electron chi connectivity index (χ3n) is 4.28. The number of hydrogen-bond donors (Lipinski definition) is 1. The number of ether oxygens (including phenoxy) is 3. The molecule has 0 aliphatic carbocycles. The Bertz CT molecular complexity index is 1150. The fourth-order valence-corrected chi connectivity index (χ4v) is 3.46. The molecule has 0 aliphatic rings. The molecule has 0 bridgehead atoms. The van der Waals surface area contributed by atoms with Crippen molar-refractivity contribution in [1.82, 2.24) is 4.98 Å². The van der Waals surface area contributed by atoms with Crippen LogP contribution in [0.15, 0.2) is 52.9 Å². The average molecular weight is 471 g/mol. The number of hydrazone groups is 1. The van der Waals surface area contributed by atoms with Crippen molar-refractivity contribution in [3.63, 3.8) is 0 Å². The Balaban J connectivity index is 1.62. The van der Waals surface area contributed by atoms with E-state index in [4.69, 9.17) is 14.2 Å². The van der Waals surface area contributed by atoms with Crippen molar-refractivity contribution in [1.29, 1.82) is 0 Å². The van der Waals surface area contributed by atoms with Crippen LogP contribution in [0.2, 0.25) is 0 Å². The summed E-state index contributed by atoms with van der Waals surface area (Å²) in [4.78, 5) is 26.3. The molecular formula is C22H22N4O6S. The zero-order chi connectivity index (χ0) is 23.6. The Kier molecular flexibility index (Phi) is 8.30. The molecule has 3 aromatic rings. The van der Waals surface area contributed by atoms with Gasteiger partial charge in [-0.3, -0.25) is 20.3 Å². The smallest absolute Gasteiger partial charge is 0.311 e. The lowest BCUT2D eigenvalue weighted by molar-refractivity contribution is -0.384. The van der Waals surface area contributed by atoms with Crippen LogP contribution in [0.3, 0.4) is 0 Å². The average Bonchev–Trinajstić information content (AvgIpc) is 3.25. The van der Waals surface area contributed by atoms with Crippen LogP contribution < -0.4 is 14.9 Å². The Hall–Kier alpha value is -3.99. The molecule has 1 heterocycles. The van der Waals surface area contributed by atoms with Crippen molar-refractivity contribution in [2.24, 2.45) is 5.10 Å². The van der Waals surface area contributed by atoms with E-state index >= 15 is 0 Å². The van der Waals surface area contributed by atoms with Crippen LogP contribution in [-0.2, 0) is 22.6 Å². The number of methoxy groups -OCH3 is 1. The van der Waals surface area contributed by atoms with Crippen molar-refractivity contribution in [3.05, 3.63) is 74.8 Å². The number of nitrogens with zero attached hydrogens (tertiary/aromatic N) is 3. The number of nitro groups is 1. The molecule has 0 saturated heterocycles. The molecule has 1 N–H and O–H groups in total. The second-order valence-electron chi connectivity index (χ2n) is 6.61. The first-order chi connectivity index (χ1) is 16.0.